The van der Waals surface area contributed by atoms with Gasteiger partial charge < -0.3 is 11.1 Å². The Balaban J connectivity index is 1.95. The third kappa shape index (κ3) is 2.68. The Labute approximate surface area is 134 Å². The molecule has 0 atom stereocenters. The quantitative estimate of drug-likeness (QED) is 0.574. The smallest absolute Gasteiger partial charge is 0.319 e. The first kappa shape index (κ1) is 15.2. The van der Waals surface area contributed by atoms with Crippen molar-refractivity contribution in [3.63, 3.8) is 0 Å². The molecule has 2 heterocycles. The molecule has 4 N–H and O–H groups in total. The molecule has 23 heavy (non-hydrogen) atoms. The first-order valence-electron chi connectivity index (χ1n) is 6.92. The van der Waals surface area contributed by atoms with Gasteiger partial charge in [-0.2, -0.15) is 5.10 Å². The van der Waals surface area contributed by atoms with Crippen LogP contribution in [0.25, 0.3) is 0 Å². The molecule has 0 aromatic carbocycles. The van der Waals surface area contributed by atoms with Gasteiger partial charge in [0.2, 0.25) is 5.69 Å². The second-order valence-electron chi connectivity index (χ2n) is 5.12. The summed E-state index contributed by atoms with van der Waals surface area (Å²) in [5, 5.41) is 19.6. The molecular weight excluding hydrogens is 322 g/mol. The van der Waals surface area contributed by atoms with Crippen LogP contribution in [-0.2, 0) is 12.8 Å². The minimum atomic E-state index is -0.727. The molecule has 0 aliphatic heterocycles. The van der Waals surface area contributed by atoms with Gasteiger partial charge in [0.25, 0.3) is 11.8 Å². The molecule has 0 unspecified atom stereocenters. The average molecular weight is 335 g/mol. The number of amides is 2. The summed E-state index contributed by atoms with van der Waals surface area (Å²) in [5.74, 6) is -1.34. The van der Waals surface area contributed by atoms with Gasteiger partial charge in [0.05, 0.1) is 10.5 Å². The molecule has 9 nitrogen and oxygen atoms in total. The number of aromatic amines is 1. The maximum absolute atomic E-state index is 12.3. The SMILES string of the molecule is NC(=O)c1c(NC(=O)c2[nH]ncc2[N+](=O)[O-])sc2c1CCCC2. The van der Waals surface area contributed by atoms with Crippen LogP contribution in [0.5, 0.6) is 0 Å². The molecule has 3 rings (SSSR count). The monoisotopic (exact) mass is 335 g/mol. The largest absolute Gasteiger partial charge is 0.365 e. The van der Waals surface area contributed by atoms with Crippen molar-refractivity contribution in [1.29, 1.82) is 0 Å². The number of carbonyl (C=O) groups excluding carboxylic acids is 2. The number of thiophene rings is 1. The number of nitrogens with zero attached hydrogens (tertiary/aromatic N) is 2. The highest BCUT2D eigenvalue weighted by Crippen LogP contribution is 2.38. The van der Waals surface area contributed by atoms with Crippen LogP contribution in [0.15, 0.2) is 6.20 Å². The number of carbonyl (C=O) groups is 2. The Kier molecular flexibility index (Phi) is 3.82. The van der Waals surface area contributed by atoms with Crippen molar-refractivity contribution >= 4 is 33.8 Å². The molecule has 0 saturated carbocycles. The number of nitrogens with two attached hydrogens (primary N) is 1. The van der Waals surface area contributed by atoms with E-state index in [4.69, 9.17) is 5.73 Å². The normalized spacial score (nSPS) is 13.4. The second-order valence-corrected chi connectivity index (χ2v) is 6.23. The first-order chi connectivity index (χ1) is 11.0. The number of aryl methyl sites for hydroxylation is 1. The molecule has 120 valence electrons. The Morgan fingerprint density at radius 2 is 2.13 bits per heavy atom. The molecule has 2 aromatic rings. The first-order valence-corrected chi connectivity index (χ1v) is 7.74. The number of nitro groups is 1. The number of H-pyrrole nitrogens is 1. The summed E-state index contributed by atoms with van der Waals surface area (Å²) >= 11 is 1.29. The third-order valence-corrected chi connectivity index (χ3v) is 4.90. The van der Waals surface area contributed by atoms with E-state index in [1.54, 1.807) is 0 Å². The summed E-state index contributed by atoms with van der Waals surface area (Å²) in [5.41, 5.74) is 5.93. The van der Waals surface area contributed by atoms with Crippen LogP contribution in [0.4, 0.5) is 10.7 Å². The lowest BCUT2D eigenvalue weighted by molar-refractivity contribution is -0.385. The number of hydrogen-bond acceptors (Lipinski definition) is 6. The number of aromatic nitrogens is 2. The maximum atomic E-state index is 12.3. The van der Waals surface area contributed by atoms with Crippen LogP contribution < -0.4 is 11.1 Å². The van der Waals surface area contributed by atoms with Crippen LogP contribution >= 0.6 is 11.3 Å². The maximum Gasteiger partial charge on any atom is 0.319 e. The standard InChI is InChI=1S/C13H13N5O4S/c14-11(19)9-6-3-1-2-4-8(6)23-13(9)16-12(20)10-7(18(21)22)5-15-17-10/h5H,1-4H2,(H2,14,19)(H,15,17)(H,16,20). The lowest BCUT2D eigenvalue weighted by atomic mass is 9.95. The summed E-state index contributed by atoms with van der Waals surface area (Å²) < 4.78 is 0. The molecular formula is C13H13N5O4S. The number of fused-ring (bicyclic) bond motifs is 1. The number of primary amides is 1. The summed E-state index contributed by atoms with van der Waals surface area (Å²) in [6, 6.07) is 0. The van der Waals surface area contributed by atoms with E-state index >= 15 is 0 Å². The van der Waals surface area contributed by atoms with E-state index in [1.807, 2.05) is 0 Å². The van der Waals surface area contributed by atoms with Gasteiger partial charge in [-0.3, -0.25) is 24.8 Å². The molecule has 0 saturated heterocycles. The fourth-order valence-corrected chi connectivity index (χ4v) is 3.96. The minimum Gasteiger partial charge on any atom is -0.365 e. The average Bonchev–Trinajstić information content (AvgIpc) is 3.11. The van der Waals surface area contributed by atoms with Crippen LogP contribution in [0.2, 0.25) is 0 Å². The lowest BCUT2D eigenvalue weighted by Crippen LogP contribution is -2.19. The topological polar surface area (TPSA) is 144 Å². The zero-order chi connectivity index (χ0) is 16.6. The molecule has 1 aliphatic carbocycles. The van der Waals surface area contributed by atoms with Gasteiger partial charge >= 0.3 is 5.69 Å². The molecule has 1 aliphatic rings. The summed E-state index contributed by atoms with van der Waals surface area (Å²) in [6.07, 6.45) is 4.52. The molecule has 0 fully saturated rings. The summed E-state index contributed by atoms with van der Waals surface area (Å²) in [6.45, 7) is 0. The van der Waals surface area contributed by atoms with Gasteiger partial charge in [0.15, 0.2) is 0 Å². The van der Waals surface area contributed by atoms with E-state index in [2.05, 4.69) is 15.5 Å². The highest BCUT2D eigenvalue weighted by Gasteiger charge is 2.28. The van der Waals surface area contributed by atoms with Crippen molar-refractivity contribution in [2.75, 3.05) is 5.32 Å². The fraction of sp³-hybridized carbons (Fsp3) is 0.308. The highest BCUT2D eigenvalue weighted by atomic mass is 32.1. The second kappa shape index (κ2) is 5.80. The predicted octanol–water partition coefficient (Wildman–Crippen LogP) is 1.61. The van der Waals surface area contributed by atoms with Crippen molar-refractivity contribution < 1.29 is 14.5 Å². The van der Waals surface area contributed by atoms with Crippen LogP contribution in [0.1, 0.15) is 44.1 Å². The minimum absolute atomic E-state index is 0.267. The van der Waals surface area contributed by atoms with Crippen LogP contribution in [-0.4, -0.2) is 26.9 Å². The van der Waals surface area contributed by atoms with Crippen molar-refractivity contribution in [1.82, 2.24) is 10.2 Å². The van der Waals surface area contributed by atoms with Crippen molar-refractivity contribution in [3.8, 4) is 0 Å². The Bertz CT molecular complexity index is 809. The van der Waals surface area contributed by atoms with E-state index in [0.29, 0.717) is 10.6 Å². The zero-order valence-electron chi connectivity index (χ0n) is 11.9. The van der Waals surface area contributed by atoms with Crippen molar-refractivity contribution in [3.05, 3.63) is 38.0 Å². The number of rotatable bonds is 4. The highest BCUT2D eigenvalue weighted by molar-refractivity contribution is 7.17. The molecule has 2 aromatic heterocycles. The molecule has 0 spiro atoms. The van der Waals surface area contributed by atoms with Gasteiger partial charge in [-0.1, -0.05) is 0 Å². The van der Waals surface area contributed by atoms with E-state index in [1.165, 1.54) is 11.3 Å². The fourth-order valence-electron chi connectivity index (χ4n) is 2.67. The van der Waals surface area contributed by atoms with Gasteiger partial charge in [-0.15, -0.1) is 11.3 Å². The summed E-state index contributed by atoms with van der Waals surface area (Å²) in [4.78, 5) is 35.2. The molecule has 0 radical (unpaired) electrons. The van der Waals surface area contributed by atoms with E-state index < -0.39 is 22.4 Å². The van der Waals surface area contributed by atoms with Gasteiger partial charge in [0.1, 0.15) is 11.2 Å². The number of nitrogens with one attached hydrogen (secondary N) is 2. The van der Waals surface area contributed by atoms with Crippen LogP contribution in [0.3, 0.4) is 0 Å². The Morgan fingerprint density at radius 1 is 1.39 bits per heavy atom. The Morgan fingerprint density at radius 3 is 2.83 bits per heavy atom. The van der Waals surface area contributed by atoms with E-state index in [9.17, 15) is 19.7 Å². The summed E-state index contributed by atoms with van der Waals surface area (Å²) in [7, 11) is 0. The molecule has 2 amide bonds. The zero-order valence-corrected chi connectivity index (χ0v) is 12.7. The van der Waals surface area contributed by atoms with Crippen molar-refractivity contribution in [2.24, 2.45) is 5.73 Å². The van der Waals surface area contributed by atoms with E-state index in [-0.39, 0.29) is 5.69 Å². The Hall–Kier alpha value is -2.75. The van der Waals surface area contributed by atoms with E-state index in [0.717, 1.165) is 42.3 Å². The van der Waals surface area contributed by atoms with Gasteiger partial charge in [-0.25, -0.2) is 0 Å². The number of anilines is 1. The van der Waals surface area contributed by atoms with Gasteiger partial charge in [-0.05, 0) is 31.2 Å². The van der Waals surface area contributed by atoms with Crippen LogP contribution in [0, 0.1) is 10.1 Å². The lowest BCUT2D eigenvalue weighted by Gasteiger charge is -2.11. The molecule has 10 heteroatoms. The molecule has 0 bridgehead atoms. The third-order valence-electron chi connectivity index (χ3n) is 3.69. The predicted molar refractivity (Wildman–Crippen MR) is 82.7 cm³/mol. The number of hydrogen-bond donors (Lipinski definition) is 3. The van der Waals surface area contributed by atoms with Gasteiger partial charge in [0, 0.05) is 4.88 Å². The van der Waals surface area contributed by atoms with Crippen molar-refractivity contribution in [2.45, 2.75) is 25.7 Å².